The van der Waals surface area contributed by atoms with E-state index in [0.717, 1.165) is 24.9 Å². The zero-order chi connectivity index (χ0) is 21.8. The molecule has 2 aromatic carbocycles. The van der Waals surface area contributed by atoms with E-state index in [4.69, 9.17) is 5.73 Å². The van der Waals surface area contributed by atoms with Crippen LogP contribution in [0.15, 0.2) is 48.5 Å². The van der Waals surface area contributed by atoms with Crippen LogP contribution in [0.5, 0.6) is 0 Å². The van der Waals surface area contributed by atoms with Gasteiger partial charge in [0.2, 0.25) is 0 Å². The standard InChI is InChI=1S/C23H26N6O2/c1-29-21(13-18(14-24)28-29)22(30)25-16-8-5-9-17(12-16)26-23(31)27-20-11-4-7-15-6-2-3-10-19(15)20/h4-5,7-9,11-13H,2-3,6,10,14,24H2,1H3,(H,25,30)(H2,26,27,31). The number of aromatic nitrogens is 2. The Morgan fingerprint density at radius 2 is 1.74 bits per heavy atom. The molecule has 1 heterocycles. The van der Waals surface area contributed by atoms with Gasteiger partial charge in [0.05, 0.1) is 5.69 Å². The van der Waals surface area contributed by atoms with E-state index in [-0.39, 0.29) is 18.5 Å². The third-order valence-electron chi connectivity index (χ3n) is 5.39. The van der Waals surface area contributed by atoms with Crippen molar-refractivity contribution in [1.82, 2.24) is 9.78 Å². The van der Waals surface area contributed by atoms with Gasteiger partial charge in [0.15, 0.2) is 0 Å². The molecule has 0 aliphatic heterocycles. The lowest BCUT2D eigenvalue weighted by Gasteiger charge is -2.19. The second kappa shape index (κ2) is 9.01. The van der Waals surface area contributed by atoms with E-state index in [1.807, 2.05) is 12.1 Å². The summed E-state index contributed by atoms with van der Waals surface area (Å²) in [7, 11) is 1.69. The largest absolute Gasteiger partial charge is 0.325 e. The van der Waals surface area contributed by atoms with Gasteiger partial charge in [0, 0.05) is 30.7 Å². The first kappa shape index (κ1) is 20.6. The molecule has 1 aliphatic carbocycles. The number of anilines is 3. The predicted octanol–water partition coefficient (Wildman–Crippen LogP) is 3.65. The lowest BCUT2D eigenvalue weighted by molar-refractivity contribution is 0.101. The summed E-state index contributed by atoms with van der Waals surface area (Å²) in [6.07, 6.45) is 4.36. The van der Waals surface area contributed by atoms with Crippen LogP contribution in [0.25, 0.3) is 0 Å². The van der Waals surface area contributed by atoms with Gasteiger partial charge in [-0.3, -0.25) is 9.48 Å². The van der Waals surface area contributed by atoms with Gasteiger partial charge in [0.1, 0.15) is 5.69 Å². The van der Waals surface area contributed by atoms with E-state index in [9.17, 15) is 9.59 Å². The summed E-state index contributed by atoms with van der Waals surface area (Å²) in [5.41, 5.74) is 11.2. The lowest BCUT2D eigenvalue weighted by Crippen LogP contribution is -2.21. The number of fused-ring (bicyclic) bond motifs is 1. The highest BCUT2D eigenvalue weighted by molar-refractivity contribution is 6.04. The van der Waals surface area contributed by atoms with Crippen molar-refractivity contribution >= 4 is 29.0 Å². The fraction of sp³-hybridized carbons (Fsp3) is 0.261. The summed E-state index contributed by atoms with van der Waals surface area (Å²) in [5.74, 6) is -0.299. The number of nitrogens with zero attached hydrogens (tertiary/aromatic N) is 2. The Morgan fingerprint density at radius 3 is 2.52 bits per heavy atom. The molecule has 8 heteroatoms. The molecule has 0 atom stereocenters. The molecule has 0 fully saturated rings. The van der Waals surface area contributed by atoms with Crippen LogP contribution in [0.3, 0.4) is 0 Å². The number of carbonyl (C=O) groups is 2. The first-order valence-electron chi connectivity index (χ1n) is 10.4. The average Bonchev–Trinajstić information content (AvgIpc) is 3.15. The van der Waals surface area contributed by atoms with E-state index < -0.39 is 0 Å². The van der Waals surface area contributed by atoms with Crippen molar-refractivity contribution in [1.29, 1.82) is 0 Å². The SMILES string of the molecule is Cn1nc(CN)cc1C(=O)Nc1cccc(NC(=O)Nc2cccc3c2CCCC3)c1. The van der Waals surface area contributed by atoms with Gasteiger partial charge < -0.3 is 21.7 Å². The van der Waals surface area contributed by atoms with Crippen molar-refractivity contribution in [2.75, 3.05) is 16.0 Å². The Bertz CT molecular complexity index is 1120. The molecular weight excluding hydrogens is 392 g/mol. The Morgan fingerprint density at radius 1 is 1.00 bits per heavy atom. The van der Waals surface area contributed by atoms with E-state index in [1.54, 1.807) is 37.4 Å². The maximum atomic E-state index is 12.6. The number of rotatable bonds is 5. The van der Waals surface area contributed by atoms with Gasteiger partial charge in [-0.15, -0.1) is 0 Å². The van der Waals surface area contributed by atoms with Crippen LogP contribution in [0.2, 0.25) is 0 Å². The van der Waals surface area contributed by atoms with Gasteiger partial charge in [-0.1, -0.05) is 18.2 Å². The fourth-order valence-electron chi connectivity index (χ4n) is 3.89. The smallest absolute Gasteiger partial charge is 0.323 e. The molecule has 31 heavy (non-hydrogen) atoms. The van der Waals surface area contributed by atoms with Crippen molar-refractivity contribution in [3.63, 3.8) is 0 Å². The van der Waals surface area contributed by atoms with Gasteiger partial charge >= 0.3 is 6.03 Å². The highest BCUT2D eigenvalue weighted by Gasteiger charge is 2.15. The Balaban J connectivity index is 1.42. The first-order chi connectivity index (χ1) is 15.0. The highest BCUT2D eigenvalue weighted by Crippen LogP contribution is 2.28. The predicted molar refractivity (Wildman–Crippen MR) is 121 cm³/mol. The fourth-order valence-corrected chi connectivity index (χ4v) is 3.89. The molecule has 160 valence electrons. The monoisotopic (exact) mass is 418 g/mol. The molecule has 0 spiro atoms. The minimum absolute atomic E-state index is 0.264. The van der Waals surface area contributed by atoms with Crippen LogP contribution in [0.4, 0.5) is 21.9 Å². The van der Waals surface area contributed by atoms with Crippen LogP contribution < -0.4 is 21.7 Å². The van der Waals surface area contributed by atoms with Crippen LogP contribution in [0.1, 0.15) is 40.2 Å². The number of benzene rings is 2. The van der Waals surface area contributed by atoms with Crippen LogP contribution in [-0.2, 0) is 26.4 Å². The summed E-state index contributed by atoms with van der Waals surface area (Å²) in [5, 5.41) is 12.8. The maximum Gasteiger partial charge on any atom is 0.323 e. The second-order valence-corrected chi connectivity index (χ2v) is 7.61. The van der Waals surface area contributed by atoms with E-state index in [1.165, 1.54) is 22.2 Å². The zero-order valence-corrected chi connectivity index (χ0v) is 17.4. The Hall–Kier alpha value is -3.65. The first-order valence-corrected chi connectivity index (χ1v) is 10.4. The van der Waals surface area contributed by atoms with Crippen molar-refractivity contribution in [2.45, 2.75) is 32.2 Å². The molecule has 0 saturated carbocycles. The molecule has 0 bridgehead atoms. The number of amides is 3. The average molecular weight is 419 g/mol. The molecule has 8 nitrogen and oxygen atoms in total. The molecule has 1 aliphatic rings. The molecule has 3 amide bonds. The zero-order valence-electron chi connectivity index (χ0n) is 17.4. The topological polar surface area (TPSA) is 114 Å². The second-order valence-electron chi connectivity index (χ2n) is 7.61. The number of aryl methyl sites for hydroxylation is 2. The molecular formula is C23H26N6O2. The van der Waals surface area contributed by atoms with E-state index in [2.05, 4.69) is 27.1 Å². The number of nitrogens with two attached hydrogens (primary N) is 1. The molecule has 3 aromatic rings. The Labute approximate surface area is 180 Å². The number of hydrogen-bond acceptors (Lipinski definition) is 4. The number of hydrogen-bond donors (Lipinski definition) is 4. The summed E-state index contributed by atoms with van der Waals surface area (Å²) in [6.45, 7) is 0.264. The third kappa shape index (κ3) is 4.75. The van der Waals surface area contributed by atoms with Gasteiger partial charge in [-0.2, -0.15) is 5.10 Å². The van der Waals surface area contributed by atoms with Crippen LogP contribution in [-0.4, -0.2) is 21.7 Å². The number of carbonyl (C=O) groups excluding carboxylic acids is 2. The molecule has 0 saturated heterocycles. The summed E-state index contributed by atoms with van der Waals surface area (Å²) in [4.78, 5) is 25.1. The third-order valence-corrected chi connectivity index (χ3v) is 5.39. The minimum Gasteiger partial charge on any atom is -0.325 e. The molecule has 4 rings (SSSR count). The Kier molecular flexibility index (Phi) is 5.99. The minimum atomic E-state index is -0.318. The van der Waals surface area contributed by atoms with E-state index >= 15 is 0 Å². The highest BCUT2D eigenvalue weighted by atomic mass is 16.2. The van der Waals surface area contributed by atoms with E-state index in [0.29, 0.717) is 22.8 Å². The molecule has 1 aromatic heterocycles. The van der Waals surface area contributed by atoms with Crippen molar-refractivity contribution in [3.05, 3.63) is 71.0 Å². The van der Waals surface area contributed by atoms with Crippen LogP contribution >= 0.6 is 0 Å². The normalized spacial score (nSPS) is 12.7. The maximum absolute atomic E-state index is 12.6. The van der Waals surface area contributed by atoms with Crippen molar-refractivity contribution in [3.8, 4) is 0 Å². The molecule has 0 unspecified atom stereocenters. The summed E-state index contributed by atoms with van der Waals surface area (Å²) >= 11 is 0. The molecule has 5 N–H and O–H groups in total. The quantitative estimate of drug-likeness (QED) is 0.506. The van der Waals surface area contributed by atoms with Crippen molar-refractivity contribution in [2.24, 2.45) is 12.8 Å². The number of urea groups is 1. The molecule has 0 radical (unpaired) electrons. The van der Waals surface area contributed by atoms with Gasteiger partial charge in [-0.05, 0) is 67.1 Å². The lowest BCUT2D eigenvalue weighted by atomic mass is 9.90. The number of nitrogens with one attached hydrogen (secondary N) is 3. The van der Waals surface area contributed by atoms with Gasteiger partial charge in [0.25, 0.3) is 5.91 Å². The van der Waals surface area contributed by atoms with Gasteiger partial charge in [-0.25, -0.2) is 4.79 Å². The van der Waals surface area contributed by atoms with Crippen molar-refractivity contribution < 1.29 is 9.59 Å². The summed E-state index contributed by atoms with van der Waals surface area (Å²) in [6, 6.07) is 14.4. The van der Waals surface area contributed by atoms with Crippen LogP contribution in [0, 0.1) is 0 Å². The summed E-state index contributed by atoms with van der Waals surface area (Å²) < 4.78 is 1.49.